The van der Waals surface area contributed by atoms with E-state index in [-0.39, 0.29) is 0 Å². The number of hydrogen-bond donors (Lipinski definition) is 2. The third-order valence-electron chi connectivity index (χ3n) is 2.80. The molecule has 0 aliphatic carbocycles. The molecule has 0 fully saturated rings. The number of rotatable bonds is 7. The molecule has 18 heavy (non-hydrogen) atoms. The third-order valence-corrected chi connectivity index (χ3v) is 2.80. The number of nitrogens with one attached hydrogen (secondary N) is 2. The quantitative estimate of drug-likeness (QED) is 0.735. The molecule has 0 amide bonds. The molecule has 2 N–H and O–H groups in total. The molecule has 0 unspecified atom stereocenters. The Morgan fingerprint density at radius 1 is 1.28 bits per heavy atom. The molecule has 1 heterocycles. The van der Waals surface area contributed by atoms with Gasteiger partial charge in [0.1, 0.15) is 0 Å². The fraction of sp³-hybridized carbons (Fsp3) is 0.357. The van der Waals surface area contributed by atoms with Crippen molar-refractivity contribution < 1.29 is 4.74 Å². The number of H-pyrrole nitrogens is 1. The minimum absolute atomic E-state index is 0.796. The molecule has 0 spiro atoms. The highest BCUT2D eigenvalue weighted by Crippen LogP contribution is 2.20. The molecule has 0 saturated carbocycles. The number of methoxy groups -OCH3 is 1. The highest BCUT2D eigenvalue weighted by atomic mass is 16.5. The summed E-state index contributed by atoms with van der Waals surface area (Å²) >= 11 is 0. The molecule has 0 aliphatic rings. The van der Waals surface area contributed by atoms with E-state index in [1.165, 1.54) is 11.1 Å². The summed E-state index contributed by atoms with van der Waals surface area (Å²) < 4.78 is 5.01. The van der Waals surface area contributed by atoms with Crippen molar-refractivity contribution >= 4 is 0 Å². The van der Waals surface area contributed by atoms with E-state index in [1.54, 1.807) is 7.11 Å². The van der Waals surface area contributed by atoms with Gasteiger partial charge < -0.3 is 10.1 Å². The van der Waals surface area contributed by atoms with Crippen LogP contribution in [0.2, 0.25) is 0 Å². The van der Waals surface area contributed by atoms with Gasteiger partial charge in [0.15, 0.2) is 0 Å². The number of benzene rings is 1. The van der Waals surface area contributed by atoms with Crippen molar-refractivity contribution in [2.24, 2.45) is 0 Å². The lowest BCUT2D eigenvalue weighted by atomic mass is 10.1. The maximum Gasteiger partial charge on any atom is 0.0695 e. The number of ether oxygens (including phenoxy) is 1. The lowest BCUT2D eigenvalue weighted by Gasteiger charge is -2.05. The number of hydrogen-bond acceptors (Lipinski definition) is 3. The fourth-order valence-corrected chi connectivity index (χ4v) is 1.86. The van der Waals surface area contributed by atoms with Crippen molar-refractivity contribution in [1.82, 2.24) is 15.5 Å². The smallest absolute Gasteiger partial charge is 0.0695 e. The minimum Gasteiger partial charge on any atom is -0.385 e. The van der Waals surface area contributed by atoms with E-state index >= 15 is 0 Å². The zero-order chi connectivity index (χ0) is 12.6. The van der Waals surface area contributed by atoms with Crippen molar-refractivity contribution in [3.63, 3.8) is 0 Å². The molecule has 0 bridgehead atoms. The predicted octanol–water partition coefficient (Wildman–Crippen LogP) is 2.20. The average molecular weight is 245 g/mol. The van der Waals surface area contributed by atoms with E-state index in [0.717, 1.165) is 31.8 Å². The molecule has 1 aromatic carbocycles. The van der Waals surface area contributed by atoms with Crippen LogP contribution in [0.4, 0.5) is 0 Å². The van der Waals surface area contributed by atoms with E-state index in [1.807, 2.05) is 24.4 Å². The average Bonchev–Trinajstić information content (AvgIpc) is 2.88. The third kappa shape index (κ3) is 3.42. The zero-order valence-corrected chi connectivity index (χ0v) is 10.6. The van der Waals surface area contributed by atoms with Crippen molar-refractivity contribution in [2.45, 2.75) is 13.0 Å². The van der Waals surface area contributed by atoms with Crippen LogP contribution in [-0.2, 0) is 11.3 Å². The van der Waals surface area contributed by atoms with Crippen LogP contribution in [0, 0.1) is 0 Å². The topological polar surface area (TPSA) is 49.9 Å². The van der Waals surface area contributed by atoms with Crippen LogP contribution in [-0.4, -0.2) is 30.5 Å². The molecule has 4 nitrogen and oxygen atoms in total. The van der Waals surface area contributed by atoms with E-state index in [0.29, 0.717) is 0 Å². The summed E-state index contributed by atoms with van der Waals surface area (Å²) in [7, 11) is 1.73. The van der Waals surface area contributed by atoms with Crippen LogP contribution < -0.4 is 5.32 Å². The first-order valence-electron chi connectivity index (χ1n) is 6.19. The van der Waals surface area contributed by atoms with E-state index in [2.05, 4.69) is 27.6 Å². The standard InChI is InChI=1S/C14H19N3O/c1-18-9-5-8-15-10-13-11-16-17-14(13)12-6-3-2-4-7-12/h2-4,6-7,11,15H,5,8-10H2,1H3,(H,16,17). The molecule has 0 atom stereocenters. The first kappa shape index (κ1) is 12.8. The normalized spacial score (nSPS) is 10.7. The minimum atomic E-state index is 0.796. The summed E-state index contributed by atoms with van der Waals surface area (Å²) in [5.74, 6) is 0. The molecule has 4 heteroatoms. The summed E-state index contributed by atoms with van der Waals surface area (Å²) in [6.45, 7) is 2.57. The van der Waals surface area contributed by atoms with Crippen LogP contribution >= 0.6 is 0 Å². The zero-order valence-electron chi connectivity index (χ0n) is 10.6. The van der Waals surface area contributed by atoms with Crippen LogP contribution in [0.15, 0.2) is 36.5 Å². The van der Waals surface area contributed by atoms with Gasteiger partial charge in [-0.1, -0.05) is 30.3 Å². The van der Waals surface area contributed by atoms with Crippen molar-refractivity contribution in [3.8, 4) is 11.3 Å². The van der Waals surface area contributed by atoms with Gasteiger partial charge in [-0.3, -0.25) is 5.10 Å². The Bertz CT molecular complexity index is 453. The molecule has 0 aliphatic heterocycles. The molecular formula is C14H19N3O. The highest BCUT2D eigenvalue weighted by Gasteiger charge is 2.06. The first-order chi connectivity index (χ1) is 8.92. The molecule has 2 aromatic rings. The number of aromatic nitrogens is 2. The molecule has 1 aromatic heterocycles. The van der Waals surface area contributed by atoms with Gasteiger partial charge in [-0.05, 0) is 18.5 Å². The number of nitrogens with zero attached hydrogens (tertiary/aromatic N) is 1. The molecule has 0 radical (unpaired) electrons. The highest BCUT2D eigenvalue weighted by molar-refractivity contribution is 5.62. The Hall–Kier alpha value is -1.65. The lowest BCUT2D eigenvalue weighted by molar-refractivity contribution is 0.194. The summed E-state index contributed by atoms with van der Waals surface area (Å²) in [4.78, 5) is 0. The van der Waals surface area contributed by atoms with E-state index < -0.39 is 0 Å². The Morgan fingerprint density at radius 2 is 2.11 bits per heavy atom. The largest absolute Gasteiger partial charge is 0.385 e. The van der Waals surface area contributed by atoms with Crippen LogP contribution in [0.25, 0.3) is 11.3 Å². The Kier molecular flexibility index (Phi) is 4.93. The van der Waals surface area contributed by atoms with E-state index in [4.69, 9.17) is 4.74 Å². The van der Waals surface area contributed by atoms with Gasteiger partial charge in [0.25, 0.3) is 0 Å². The van der Waals surface area contributed by atoms with Crippen LogP contribution in [0.1, 0.15) is 12.0 Å². The van der Waals surface area contributed by atoms with Crippen molar-refractivity contribution in [1.29, 1.82) is 0 Å². The summed E-state index contributed by atoms with van der Waals surface area (Å²) in [5.41, 5.74) is 3.46. The second-order valence-corrected chi connectivity index (χ2v) is 4.16. The van der Waals surface area contributed by atoms with Gasteiger partial charge in [-0.2, -0.15) is 5.10 Å². The summed E-state index contributed by atoms with van der Waals surface area (Å²) in [6, 6.07) is 10.3. The Labute approximate surface area is 107 Å². The second kappa shape index (κ2) is 6.93. The molecular weight excluding hydrogens is 226 g/mol. The van der Waals surface area contributed by atoms with Crippen molar-refractivity contribution in [3.05, 3.63) is 42.1 Å². The molecule has 2 rings (SSSR count). The van der Waals surface area contributed by atoms with Crippen molar-refractivity contribution in [2.75, 3.05) is 20.3 Å². The van der Waals surface area contributed by atoms with Gasteiger partial charge in [0.05, 0.1) is 11.9 Å². The van der Waals surface area contributed by atoms with Crippen LogP contribution in [0.3, 0.4) is 0 Å². The molecule has 0 saturated heterocycles. The van der Waals surface area contributed by atoms with E-state index in [9.17, 15) is 0 Å². The Morgan fingerprint density at radius 3 is 2.89 bits per heavy atom. The van der Waals surface area contributed by atoms with Gasteiger partial charge >= 0.3 is 0 Å². The van der Waals surface area contributed by atoms with Crippen LogP contribution in [0.5, 0.6) is 0 Å². The van der Waals surface area contributed by atoms with Gasteiger partial charge in [-0.15, -0.1) is 0 Å². The SMILES string of the molecule is COCCCNCc1cn[nH]c1-c1ccccc1. The molecule has 96 valence electrons. The summed E-state index contributed by atoms with van der Waals surface area (Å²) in [6.07, 6.45) is 2.90. The Balaban J connectivity index is 1.92. The van der Waals surface area contributed by atoms with Gasteiger partial charge in [0, 0.05) is 25.8 Å². The summed E-state index contributed by atoms with van der Waals surface area (Å²) in [5, 5.41) is 10.6. The monoisotopic (exact) mass is 245 g/mol. The second-order valence-electron chi connectivity index (χ2n) is 4.16. The maximum absolute atomic E-state index is 5.01. The first-order valence-corrected chi connectivity index (χ1v) is 6.19. The number of aromatic amines is 1. The fourth-order valence-electron chi connectivity index (χ4n) is 1.86. The predicted molar refractivity (Wildman–Crippen MR) is 72.2 cm³/mol. The lowest BCUT2D eigenvalue weighted by Crippen LogP contribution is -2.16. The van der Waals surface area contributed by atoms with Gasteiger partial charge in [0.2, 0.25) is 0 Å². The maximum atomic E-state index is 5.01. The van der Waals surface area contributed by atoms with Gasteiger partial charge in [-0.25, -0.2) is 0 Å².